The van der Waals surface area contributed by atoms with Gasteiger partial charge in [0, 0.05) is 4.47 Å². The SMILES string of the molecule is COc1ccc(CN/N=C/c2cc(Br)c(OCc3ccc(Br)cc3)c(OC)c2)cc1OC. The summed E-state index contributed by atoms with van der Waals surface area (Å²) in [6, 6.07) is 17.5. The number of nitrogens with zero attached hydrogens (tertiary/aromatic N) is 1. The van der Waals surface area contributed by atoms with Gasteiger partial charge in [-0.3, -0.25) is 0 Å². The molecule has 3 rings (SSSR count). The number of hydrogen-bond donors (Lipinski definition) is 1. The van der Waals surface area contributed by atoms with E-state index in [1.165, 1.54) is 0 Å². The molecular formula is C24H24Br2N2O4. The van der Waals surface area contributed by atoms with Gasteiger partial charge >= 0.3 is 0 Å². The molecule has 0 aliphatic carbocycles. The monoisotopic (exact) mass is 562 g/mol. The second kappa shape index (κ2) is 11.8. The molecule has 8 heteroatoms. The van der Waals surface area contributed by atoms with Gasteiger partial charge in [0.15, 0.2) is 23.0 Å². The standard InChI is InChI=1S/C24H24Br2N2O4/c1-29-21-9-6-17(11-22(21)30-2)13-27-28-14-18-10-20(26)24(23(12-18)31-3)32-15-16-4-7-19(25)8-5-16/h4-12,14,27H,13,15H2,1-3H3/b28-14+. The molecule has 0 fully saturated rings. The molecule has 0 spiro atoms. The van der Waals surface area contributed by atoms with Crippen LogP contribution in [0.5, 0.6) is 23.0 Å². The summed E-state index contributed by atoms with van der Waals surface area (Å²) < 4.78 is 23.9. The highest BCUT2D eigenvalue weighted by molar-refractivity contribution is 9.10. The summed E-state index contributed by atoms with van der Waals surface area (Å²) in [5.74, 6) is 2.64. The maximum absolute atomic E-state index is 5.99. The number of nitrogens with one attached hydrogen (secondary N) is 1. The predicted octanol–water partition coefficient (Wildman–Crippen LogP) is 5.94. The van der Waals surface area contributed by atoms with E-state index in [1.807, 2.05) is 54.6 Å². The van der Waals surface area contributed by atoms with Gasteiger partial charge in [-0.25, -0.2) is 0 Å². The molecule has 0 aliphatic heterocycles. The highest BCUT2D eigenvalue weighted by Gasteiger charge is 2.12. The highest BCUT2D eigenvalue weighted by Crippen LogP contribution is 2.37. The summed E-state index contributed by atoms with van der Waals surface area (Å²) in [5, 5.41) is 4.31. The van der Waals surface area contributed by atoms with Crippen molar-refractivity contribution in [2.24, 2.45) is 5.10 Å². The van der Waals surface area contributed by atoms with Gasteiger partial charge in [0.1, 0.15) is 6.61 Å². The molecule has 0 radical (unpaired) electrons. The van der Waals surface area contributed by atoms with Crippen molar-refractivity contribution in [2.75, 3.05) is 21.3 Å². The maximum Gasteiger partial charge on any atom is 0.175 e. The van der Waals surface area contributed by atoms with E-state index in [0.717, 1.165) is 25.6 Å². The Bertz CT molecular complexity index is 1070. The van der Waals surface area contributed by atoms with Crippen LogP contribution < -0.4 is 24.4 Å². The van der Waals surface area contributed by atoms with Crippen molar-refractivity contribution >= 4 is 38.1 Å². The van der Waals surface area contributed by atoms with Gasteiger partial charge in [0.25, 0.3) is 0 Å². The van der Waals surface area contributed by atoms with Crippen LogP contribution in [0.1, 0.15) is 16.7 Å². The Morgan fingerprint density at radius 1 is 0.812 bits per heavy atom. The van der Waals surface area contributed by atoms with E-state index in [0.29, 0.717) is 36.1 Å². The number of hydrazone groups is 1. The second-order valence-corrected chi connectivity index (χ2v) is 8.50. The van der Waals surface area contributed by atoms with E-state index >= 15 is 0 Å². The summed E-state index contributed by atoms with van der Waals surface area (Å²) in [4.78, 5) is 0. The fourth-order valence-corrected chi connectivity index (χ4v) is 3.78. The van der Waals surface area contributed by atoms with Crippen LogP contribution in [-0.2, 0) is 13.2 Å². The van der Waals surface area contributed by atoms with Crippen molar-refractivity contribution < 1.29 is 18.9 Å². The summed E-state index contributed by atoms with van der Waals surface area (Å²) in [5.41, 5.74) is 5.99. The Balaban J connectivity index is 1.63. The smallest absolute Gasteiger partial charge is 0.175 e. The molecule has 32 heavy (non-hydrogen) atoms. The molecule has 0 saturated carbocycles. The van der Waals surface area contributed by atoms with E-state index in [2.05, 4.69) is 42.4 Å². The van der Waals surface area contributed by atoms with Gasteiger partial charge in [0.2, 0.25) is 0 Å². The number of rotatable bonds is 10. The first kappa shape index (κ1) is 23.9. The topological polar surface area (TPSA) is 61.3 Å². The molecule has 1 N–H and O–H groups in total. The van der Waals surface area contributed by atoms with Gasteiger partial charge in [-0.05, 0) is 69.0 Å². The molecule has 3 aromatic carbocycles. The minimum atomic E-state index is 0.433. The number of hydrogen-bond acceptors (Lipinski definition) is 6. The zero-order valence-corrected chi connectivity index (χ0v) is 21.2. The van der Waals surface area contributed by atoms with Crippen molar-refractivity contribution in [2.45, 2.75) is 13.2 Å². The van der Waals surface area contributed by atoms with E-state index in [4.69, 9.17) is 18.9 Å². The minimum absolute atomic E-state index is 0.433. The summed E-state index contributed by atoms with van der Waals surface area (Å²) in [7, 11) is 4.85. The van der Waals surface area contributed by atoms with Crippen LogP contribution in [0, 0.1) is 0 Å². The van der Waals surface area contributed by atoms with E-state index in [1.54, 1.807) is 27.5 Å². The third-order valence-electron chi connectivity index (χ3n) is 4.58. The van der Waals surface area contributed by atoms with E-state index < -0.39 is 0 Å². The molecule has 0 bridgehead atoms. The van der Waals surface area contributed by atoms with Crippen molar-refractivity contribution in [3.05, 3.63) is 80.2 Å². The first-order chi connectivity index (χ1) is 15.5. The van der Waals surface area contributed by atoms with Crippen LogP contribution in [-0.4, -0.2) is 27.5 Å². The van der Waals surface area contributed by atoms with Gasteiger partial charge in [-0.1, -0.05) is 34.1 Å². The number of halogens is 2. The van der Waals surface area contributed by atoms with Crippen LogP contribution in [0.3, 0.4) is 0 Å². The third kappa shape index (κ3) is 6.40. The van der Waals surface area contributed by atoms with Crippen LogP contribution in [0.15, 0.2) is 68.6 Å². The lowest BCUT2D eigenvalue weighted by Gasteiger charge is -2.13. The molecule has 6 nitrogen and oxygen atoms in total. The molecule has 0 aromatic heterocycles. The van der Waals surface area contributed by atoms with Gasteiger partial charge in [-0.2, -0.15) is 5.10 Å². The van der Waals surface area contributed by atoms with Gasteiger partial charge in [-0.15, -0.1) is 0 Å². The normalized spacial score (nSPS) is 10.8. The number of ether oxygens (including phenoxy) is 4. The lowest BCUT2D eigenvalue weighted by molar-refractivity contribution is 0.282. The Morgan fingerprint density at radius 3 is 2.19 bits per heavy atom. The van der Waals surface area contributed by atoms with Crippen molar-refractivity contribution in [3.8, 4) is 23.0 Å². The average Bonchev–Trinajstić information content (AvgIpc) is 2.81. The minimum Gasteiger partial charge on any atom is -0.493 e. The molecule has 0 aliphatic rings. The fraction of sp³-hybridized carbons (Fsp3) is 0.208. The zero-order chi connectivity index (χ0) is 22.9. The van der Waals surface area contributed by atoms with Crippen molar-refractivity contribution in [1.82, 2.24) is 5.43 Å². The molecule has 168 valence electrons. The Hall–Kier alpha value is -2.71. The molecule has 0 amide bonds. The van der Waals surface area contributed by atoms with Crippen LogP contribution >= 0.6 is 31.9 Å². The third-order valence-corrected chi connectivity index (χ3v) is 5.70. The summed E-state index contributed by atoms with van der Waals surface area (Å²) >= 11 is 7.02. The Kier molecular flexibility index (Phi) is 8.81. The largest absolute Gasteiger partial charge is 0.493 e. The maximum atomic E-state index is 5.99. The summed E-state index contributed by atoms with van der Waals surface area (Å²) in [6.07, 6.45) is 1.73. The first-order valence-electron chi connectivity index (χ1n) is 9.75. The molecule has 0 saturated heterocycles. The van der Waals surface area contributed by atoms with Crippen LogP contribution in [0.2, 0.25) is 0 Å². The molecule has 0 unspecified atom stereocenters. The number of benzene rings is 3. The van der Waals surface area contributed by atoms with Gasteiger partial charge < -0.3 is 24.4 Å². The molecule has 3 aromatic rings. The highest BCUT2D eigenvalue weighted by atomic mass is 79.9. The van der Waals surface area contributed by atoms with E-state index in [-0.39, 0.29) is 0 Å². The average molecular weight is 564 g/mol. The lowest BCUT2D eigenvalue weighted by atomic mass is 10.2. The lowest BCUT2D eigenvalue weighted by Crippen LogP contribution is -2.06. The zero-order valence-electron chi connectivity index (χ0n) is 18.0. The quantitative estimate of drug-likeness (QED) is 0.244. The molecular weight excluding hydrogens is 540 g/mol. The second-order valence-electron chi connectivity index (χ2n) is 6.73. The molecule has 0 atom stereocenters. The van der Waals surface area contributed by atoms with Crippen LogP contribution in [0.4, 0.5) is 0 Å². The summed E-state index contributed by atoms with van der Waals surface area (Å²) in [6.45, 7) is 0.978. The predicted molar refractivity (Wildman–Crippen MR) is 133 cm³/mol. The van der Waals surface area contributed by atoms with E-state index in [9.17, 15) is 0 Å². The molecule has 0 heterocycles. The Morgan fingerprint density at radius 2 is 1.50 bits per heavy atom. The van der Waals surface area contributed by atoms with Gasteiger partial charge in [0.05, 0.1) is 38.6 Å². The fourth-order valence-electron chi connectivity index (χ4n) is 2.94. The Labute approximate surface area is 204 Å². The number of methoxy groups -OCH3 is 3. The van der Waals surface area contributed by atoms with Crippen LogP contribution in [0.25, 0.3) is 0 Å². The first-order valence-corrected chi connectivity index (χ1v) is 11.3. The van der Waals surface area contributed by atoms with Crippen molar-refractivity contribution in [1.29, 1.82) is 0 Å². The van der Waals surface area contributed by atoms with Crippen molar-refractivity contribution in [3.63, 3.8) is 0 Å².